The zero-order chi connectivity index (χ0) is 15.5. The number of hydrogen-bond donors (Lipinski definition) is 1. The van der Waals surface area contributed by atoms with Crippen LogP contribution in [0.1, 0.15) is 10.4 Å². The van der Waals surface area contributed by atoms with E-state index in [9.17, 15) is 17.6 Å². The second kappa shape index (κ2) is 5.92. The minimum atomic E-state index is -3.92. The van der Waals surface area contributed by atoms with E-state index in [4.69, 9.17) is 0 Å². The molecule has 2 rings (SSSR count). The van der Waals surface area contributed by atoms with Crippen molar-refractivity contribution in [3.8, 4) is 0 Å². The number of methoxy groups -OCH3 is 1. The van der Waals surface area contributed by atoms with Gasteiger partial charge in [0.05, 0.1) is 23.3 Å². The Bertz CT molecular complexity index is 760. The molecule has 0 heterocycles. The third-order valence-corrected chi connectivity index (χ3v) is 4.07. The van der Waals surface area contributed by atoms with E-state index in [2.05, 4.69) is 9.46 Å². The molecule has 2 aromatic carbocycles. The predicted molar refractivity (Wildman–Crippen MR) is 75.0 cm³/mol. The van der Waals surface area contributed by atoms with Crippen LogP contribution in [-0.2, 0) is 14.8 Å². The standard InChI is InChI=1S/C14H12FNO4S/c1-20-14(17)12-8-7-10(15)9-13(12)16-21(18,19)11-5-3-2-4-6-11/h2-9,16H,1H3. The van der Waals surface area contributed by atoms with Crippen molar-refractivity contribution in [2.24, 2.45) is 0 Å². The van der Waals surface area contributed by atoms with Crippen molar-refractivity contribution >= 4 is 21.7 Å². The average molecular weight is 309 g/mol. The third kappa shape index (κ3) is 3.38. The normalized spacial score (nSPS) is 11.0. The molecular formula is C14H12FNO4S. The number of carbonyl (C=O) groups is 1. The third-order valence-electron chi connectivity index (χ3n) is 2.68. The van der Waals surface area contributed by atoms with Crippen molar-refractivity contribution in [1.29, 1.82) is 0 Å². The van der Waals surface area contributed by atoms with E-state index in [1.807, 2.05) is 0 Å². The summed E-state index contributed by atoms with van der Waals surface area (Å²) in [5, 5.41) is 0. The van der Waals surface area contributed by atoms with Gasteiger partial charge in [0.15, 0.2) is 0 Å². The number of hydrogen-bond acceptors (Lipinski definition) is 4. The lowest BCUT2D eigenvalue weighted by Gasteiger charge is -2.11. The Hall–Kier alpha value is -2.41. The number of halogens is 1. The Morgan fingerprint density at radius 2 is 1.81 bits per heavy atom. The fourth-order valence-corrected chi connectivity index (χ4v) is 2.78. The Morgan fingerprint density at radius 3 is 2.43 bits per heavy atom. The lowest BCUT2D eigenvalue weighted by molar-refractivity contribution is 0.0602. The minimum absolute atomic E-state index is 0.00470. The van der Waals surface area contributed by atoms with E-state index in [1.165, 1.54) is 12.1 Å². The van der Waals surface area contributed by atoms with E-state index in [0.29, 0.717) is 0 Å². The van der Waals surface area contributed by atoms with Crippen LogP contribution < -0.4 is 4.72 Å². The van der Waals surface area contributed by atoms with Gasteiger partial charge in [-0.1, -0.05) is 18.2 Å². The molecule has 110 valence electrons. The first-order valence-corrected chi connectivity index (χ1v) is 7.38. The lowest BCUT2D eigenvalue weighted by atomic mass is 10.2. The number of nitrogens with one attached hydrogen (secondary N) is 1. The van der Waals surface area contributed by atoms with Crippen LogP contribution in [0.25, 0.3) is 0 Å². The highest BCUT2D eigenvalue weighted by atomic mass is 32.2. The minimum Gasteiger partial charge on any atom is -0.465 e. The SMILES string of the molecule is COC(=O)c1ccc(F)cc1NS(=O)(=O)c1ccccc1. The van der Waals surface area contributed by atoms with Gasteiger partial charge in [0, 0.05) is 0 Å². The molecule has 0 saturated heterocycles. The summed E-state index contributed by atoms with van der Waals surface area (Å²) in [5.41, 5.74) is -0.246. The first-order chi connectivity index (χ1) is 9.94. The highest BCUT2D eigenvalue weighted by Gasteiger charge is 2.19. The number of rotatable bonds is 4. The summed E-state index contributed by atoms with van der Waals surface area (Å²) in [6, 6.07) is 10.7. The maximum absolute atomic E-state index is 13.3. The average Bonchev–Trinajstić information content (AvgIpc) is 2.47. The van der Waals surface area contributed by atoms with Crippen molar-refractivity contribution in [2.75, 3.05) is 11.8 Å². The predicted octanol–water partition coefficient (Wildman–Crippen LogP) is 2.41. The van der Waals surface area contributed by atoms with Gasteiger partial charge in [0.2, 0.25) is 0 Å². The van der Waals surface area contributed by atoms with Gasteiger partial charge >= 0.3 is 5.97 Å². The van der Waals surface area contributed by atoms with E-state index >= 15 is 0 Å². The molecule has 21 heavy (non-hydrogen) atoms. The molecule has 0 fully saturated rings. The Morgan fingerprint density at radius 1 is 1.14 bits per heavy atom. The molecule has 2 aromatic rings. The number of anilines is 1. The van der Waals surface area contributed by atoms with Gasteiger partial charge in [0.1, 0.15) is 5.82 Å². The molecule has 0 amide bonds. The first-order valence-electron chi connectivity index (χ1n) is 5.90. The molecule has 0 aromatic heterocycles. The van der Waals surface area contributed by atoms with Crippen LogP contribution in [0, 0.1) is 5.82 Å². The molecule has 0 unspecified atom stereocenters. The second-order valence-corrected chi connectivity index (χ2v) is 5.78. The fraction of sp³-hybridized carbons (Fsp3) is 0.0714. The zero-order valence-corrected chi connectivity index (χ0v) is 11.9. The van der Waals surface area contributed by atoms with Crippen LogP contribution in [0.2, 0.25) is 0 Å². The molecule has 0 aliphatic carbocycles. The maximum Gasteiger partial charge on any atom is 0.339 e. The summed E-state index contributed by atoms with van der Waals surface area (Å²) in [5.74, 6) is -1.44. The van der Waals surface area contributed by atoms with Crippen molar-refractivity contribution in [1.82, 2.24) is 0 Å². The molecule has 5 nitrogen and oxygen atoms in total. The summed E-state index contributed by atoms with van der Waals surface area (Å²) < 4.78 is 44.4. The van der Waals surface area contributed by atoms with Gasteiger partial charge < -0.3 is 4.74 Å². The monoisotopic (exact) mass is 309 g/mol. The molecule has 0 aliphatic heterocycles. The molecule has 0 spiro atoms. The molecule has 1 N–H and O–H groups in total. The van der Waals surface area contributed by atoms with Gasteiger partial charge in [-0.3, -0.25) is 4.72 Å². The number of ether oxygens (including phenoxy) is 1. The van der Waals surface area contributed by atoms with Gasteiger partial charge in [-0.05, 0) is 30.3 Å². The highest BCUT2D eigenvalue weighted by molar-refractivity contribution is 7.92. The number of carbonyl (C=O) groups excluding carboxylic acids is 1. The molecule has 0 atom stereocenters. The van der Waals surface area contributed by atoms with Crippen LogP contribution in [-0.4, -0.2) is 21.5 Å². The van der Waals surface area contributed by atoms with Crippen LogP contribution in [0.15, 0.2) is 53.4 Å². The van der Waals surface area contributed by atoms with Crippen molar-refractivity contribution < 1.29 is 22.3 Å². The molecule has 0 radical (unpaired) electrons. The van der Waals surface area contributed by atoms with Crippen molar-refractivity contribution in [3.05, 3.63) is 59.9 Å². The van der Waals surface area contributed by atoms with Gasteiger partial charge in [-0.25, -0.2) is 17.6 Å². The van der Waals surface area contributed by atoms with Crippen LogP contribution in [0.5, 0.6) is 0 Å². The van der Waals surface area contributed by atoms with Gasteiger partial charge in [0.25, 0.3) is 10.0 Å². The summed E-state index contributed by atoms with van der Waals surface area (Å²) in [7, 11) is -2.76. The lowest BCUT2D eigenvalue weighted by Crippen LogP contribution is -2.16. The molecule has 0 saturated carbocycles. The molecule has 0 aliphatic rings. The highest BCUT2D eigenvalue weighted by Crippen LogP contribution is 2.22. The van der Waals surface area contributed by atoms with E-state index in [-0.39, 0.29) is 16.1 Å². The maximum atomic E-state index is 13.3. The van der Waals surface area contributed by atoms with Crippen LogP contribution in [0.3, 0.4) is 0 Å². The van der Waals surface area contributed by atoms with Crippen molar-refractivity contribution in [3.63, 3.8) is 0 Å². The number of esters is 1. The number of sulfonamides is 1. The summed E-state index contributed by atoms with van der Waals surface area (Å²) >= 11 is 0. The van der Waals surface area contributed by atoms with Gasteiger partial charge in [-0.15, -0.1) is 0 Å². The Kier molecular flexibility index (Phi) is 4.23. The summed E-state index contributed by atoms with van der Waals surface area (Å²) in [6.45, 7) is 0. The van der Waals surface area contributed by atoms with Gasteiger partial charge in [-0.2, -0.15) is 0 Å². The largest absolute Gasteiger partial charge is 0.465 e. The topological polar surface area (TPSA) is 72.5 Å². The van der Waals surface area contributed by atoms with E-state index < -0.39 is 21.8 Å². The van der Waals surface area contributed by atoms with Crippen molar-refractivity contribution in [2.45, 2.75) is 4.90 Å². The molecule has 0 bridgehead atoms. The summed E-state index contributed by atoms with van der Waals surface area (Å²) in [6.07, 6.45) is 0. The Labute approximate surface area is 121 Å². The van der Waals surface area contributed by atoms with Crippen LogP contribution in [0.4, 0.5) is 10.1 Å². The van der Waals surface area contributed by atoms with E-state index in [1.54, 1.807) is 18.2 Å². The summed E-state index contributed by atoms with van der Waals surface area (Å²) in [4.78, 5) is 11.6. The fourth-order valence-electron chi connectivity index (χ4n) is 1.69. The smallest absolute Gasteiger partial charge is 0.339 e. The Balaban J connectivity index is 2.44. The van der Waals surface area contributed by atoms with Crippen LogP contribution >= 0.6 is 0 Å². The molecule has 7 heteroatoms. The first kappa shape index (κ1) is 15.0. The number of benzene rings is 2. The second-order valence-electron chi connectivity index (χ2n) is 4.10. The zero-order valence-electron chi connectivity index (χ0n) is 11.0. The molecular weight excluding hydrogens is 297 g/mol. The van der Waals surface area contributed by atoms with E-state index in [0.717, 1.165) is 25.3 Å². The quantitative estimate of drug-likeness (QED) is 0.880.